The first kappa shape index (κ1) is 19.9. The molecule has 30 heavy (non-hydrogen) atoms. The van der Waals surface area contributed by atoms with Crippen molar-refractivity contribution >= 4 is 11.6 Å². The van der Waals surface area contributed by atoms with Crippen LogP contribution in [0.2, 0.25) is 5.02 Å². The zero-order valence-electron chi connectivity index (χ0n) is 16.4. The minimum absolute atomic E-state index is 0.0573. The van der Waals surface area contributed by atoms with Gasteiger partial charge in [0.25, 0.3) is 0 Å². The molecule has 0 saturated carbocycles. The number of ether oxygens (including phenoxy) is 2. The summed E-state index contributed by atoms with van der Waals surface area (Å²) in [7, 11) is 0. The number of hydrogen-bond donors (Lipinski definition) is 2. The summed E-state index contributed by atoms with van der Waals surface area (Å²) in [4.78, 5) is 0. The summed E-state index contributed by atoms with van der Waals surface area (Å²) in [5, 5.41) is 18.3. The van der Waals surface area contributed by atoms with E-state index in [0.29, 0.717) is 40.1 Å². The van der Waals surface area contributed by atoms with Gasteiger partial charge in [-0.3, -0.25) is 5.10 Å². The van der Waals surface area contributed by atoms with Crippen LogP contribution in [0.3, 0.4) is 0 Å². The molecule has 0 saturated heterocycles. The second kappa shape index (κ2) is 8.93. The first-order chi connectivity index (χ1) is 14.6. The van der Waals surface area contributed by atoms with Crippen molar-refractivity contribution in [3.63, 3.8) is 0 Å². The number of nitrogens with zero attached hydrogens (tertiary/aromatic N) is 1. The Hall–Kier alpha value is -3.44. The third-order valence-corrected chi connectivity index (χ3v) is 4.96. The van der Waals surface area contributed by atoms with Gasteiger partial charge in [-0.15, -0.1) is 0 Å². The van der Waals surface area contributed by atoms with Gasteiger partial charge in [0.05, 0.1) is 6.20 Å². The van der Waals surface area contributed by atoms with Crippen molar-refractivity contribution in [2.24, 2.45) is 0 Å². The Kier molecular flexibility index (Phi) is 5.91. The van der Waals surface area contributed by atoms with E-state index in [1.54, 1.807) is 24.4 Å². The Morgan fingerprint density at radius 3 is 2.33 bits per heavy atom. The molecule has 0 spiro atoms. The highest BCUT2D eigenvalue weighted by Crippen LogP contribution is 2.38. The molecule has 0 radical (unpaired) electrons. The molecule has 152 valence electrons. The number of aryl methyl sites for hydroxylation is 1. The third-order valence-electron chi connectivity index (χ3n) is 4.71. The van der Waals surface area contributed by atoms with E-state index in [-0.39, 0.29) is 5.75 Å². The SMILES string of the molecule is CCc1ccc(Oc2c[nH]nc2-c2ccc(OCc3ccc(Cl)cc3)cc2O)cc1. The molecule has 4 rings (SSSR count). The number of nitrogens with one attached hydrogen (secondary N) is 1. The topological polar surface area (TPSA) is 67.4 Å². The lowest BCUT2D eigenvalue weighted by atomic mass is 10.1. The summed E-state index contributed by atoms with van der Waals surface area (Å²) < 4.78 is 11.7. The average Bonchev–Trinajstić information content (AvgIpc) is 3.22. The summed E-state index contributed by atoms with van der Waals surface area (Å²) in [6.45, 7) is 2.48. The predicted octanol–water partition coefficient (Wildman–Crippen LogP) is 6.37. The Labute approximate surface area is 179 Å². The predicted molar refractivity (Wildman–Crippen MR) is 117 cm³/mol. The maximum absolute atomic E-state index is 10.5. The number of halogens is 1. The van der Waals surface area contributed by atoms with Gasteiger partial charge < -0.3 is 14.6 Å². The molecule has 2 N–H and O–H groups in total. The zero-order chi connectivity index (χ0) is 20.9. The number of phenolic OH excluding ortho intramolecular Hbond substituents is 1. The van der Waals surface area contributed by atoms with Crippen LogP contribution in [-0.4, -0.2) is 15.3 Å². The van der Waals surface area contributed by atoms with Crippen LogP contribution in [-0.2, 0) is 13.0 Å². The van der Waals surface area contributed by atoms with Gasteiger partial charge >= 0.3 is 0 Å². The number of aromatic amines is 1. The van der Waals surface area contributed by atoms with Crippen LogP contribution in [0.15, 0.2) is 72.9 Å². The van der Waals surface area contributed by atoms with E-state index in [1.165, 1.54) is 5.56 Å². The molecule has 0 fully saturated rings. The van der Waals surface area contributed by atoms with E-state index in [1.807, 2.05) is 48.5 Å². The van der Waals surface area contributed by atoms with Crippen molar-refractivity contribution in [2.45, 2.75) is 20.0 Å². The first-order valence-corrected chi connectivity index (χ1v) is 10.0. The fourth-order valence-electron chi connectivity index (χ4n) is 3.02. The Balaban J connectivity index is 1.49. The van der Waals surface area contributed by atoms with Crippen LogP contribution < -0.4 is 9.47 Å². The molecule has 6 heteroatoms. The van der Waals surface area contributed by atoms with Gasteiger partial charge in [-0.1, -0.05) is 42.8 Å². The number of hydrogen-bond acceptors (Lipinski definition) is 4. The largest absolute Gasteiger partial charge is 0.507 e. The molecule has 4 aromatic rings. The number of benzene rings is 3. The van der Waals surface area contributed by atoms with Gasteiger partial charge in [-0.25, -0.2) is 0 Å². The summed E-state index contributed by atoms with van der Waals surface area (Å²) in [6, 6.07) is 20.4. The van der Waals surface area contributed by atoms with E-state index in [0.717, 1.165) is 12.0 Å². The lowest BCUT2D eigenvalue weighted by molar-refractivity contribution is 0.304. The van der Waals surface area contributed by atoms with E-state index >= 15 is 0 Å². The molecule has 1 heterocycles. The highest BCUT2D eigenvalue weighted by Gasteiger charge is 2.15. The number of rotatable bonds is 7. The molecule has 0 amide bonds. The summed E-state index contributed by atoms with van der Waals surface area (Å²) in [6.07, 6.45) is 2.63. The maximum Gasteiger partial charge on any atom is 0.173 e. The molecule has 0 bridgehead atoms. The Morgan fingerprint density at radius 2 is 1.63 bits per heavy atom. The zero-order valence-corrected chi connectivity index (χ0v) is 17.2. The normalized spacial score (nSPS) is 10.7. The number of aromatic nitrogens is 2. The lowest BCUT2D eigenvalue weighted by Gasteiger charge is -2.10. The van der Waals surface area contributed by atoms with Gasteiger partial charge in [0.2, 0.25) is 0 Å². The molecule has 0 unspecified atom stereocenters. The second-order valence-corrected chi connectivity index (χ2v) is 7.23. The fourth-order valence-corrected chi connectivity index (χ4v) is 3.14. The maximum atomic E-state index is 10.5. The molecule has 0 aliphatic rings. The van der Waals surface area contributed by atoms with E-state index in [4.69, 9.17) is 21.1 Å². The minimum atomic E-state index is 0.0573. The molecular weight excluding hydrogens is 400 g/mol. The van der Waals surface area contributed by atoms with Crippen molar-refractivity contribution in [1.82, 2.24) is 10.2 Å². The van der Waals surface area contributed by atoms with Crippen molar-refractivity contribution < 1.29 is 14.6 Å². The second-order valence-electron chi connectivity index (χ2n) is 6.79. The number of aromatic hydroxyl groups is 1. The van der Waals surface area contributed by atoms with Crippen molar-refractivity contribution in [3.8, 4) is 34.3 Å². The molecule has 1 aromatic heterocycles. The van der Waals surface area contributed by atoms with Crippen LogP contribution in [0.1, 0.15) is 18.1 Å². The van der Waals surface area contributed by atoms with Crippen LogP contribution in [0, 0.1) is 0 Å². The van der Waals surface area contributed by atoms with Gasteiger partial charge in [0.1, 0.15) is 29.5 Å². The molecule has 0 aliphatic heterocycles. The van der Waals surface area contributed by atoms with E-state index < -0.39 is 0 Å². The molecule has 3 aromatic carbocycles. The standard InChI is InChI=1S/C24H21ClN2O3/c1-2-16-5-9-19(10-6-16)30-23-14-26-27-24(23)21-12-11-20(13-22(21)28)29-15-17-3-7-18(25)8-4-17/h3-14,28H,2,15H2,1H3,(H,26,27). The van der Waals surface area contributed by atoms with Crippen LogP contribution in [0.4, 0.5) is 0 Å². The summed E-state index contributed by atoms with van der Waals surface area (Å²) >= 11 is 5.90. The lowest BCUT2D eigenvalue weighted by Crippen LogP contribution is -1.95. The fraction of sp³-hybridized carbons (Fsp3) is 0.125. The van der Waals surface area contributed by atoms with E-state index in [2.05, 4.69) is 17.1 Å². The van der Waals surface area contributed by atoms with Crippen molar-refractivity contribution in [1.29, 1.82) is 0 Å². The monoisotopic (exact) mass is 420 g/mol. The van der Waals surface area contributed by atoms with Gasteiger partial charge in [-0.05, 0) is 53.9 Å². The molecule has 0 aliphatic carbocycles. The third kappa shape index (κ3) is 4.58. The van der Waals surface area contributed by atoms with Gasteiger partial charge in [-0.2, -0.15) is 5.10 Å². The van der Waals surface area contributed by atoms with Gasteiger partial charge in [0, 0.05) is 16.7 Å². The van der Waals surface area contributed by atoms with Gasteiger partial charge in [0.15, 0.2) is 5.75 Å². The molecule has 5 nitrogen and oxygen atoms in total. The van der Waals surface area contributed by atoms with Crippen LogP contribution >= 0.6 is 11.6 Å². The Bertz CT molecular complexity index is 1120. The Morgan fingerprint density at radius 1 is 0.933 bits per heavy atom. The number of H-pyrrole nitrogens is 1. The first-order valence-electron chi connectivity index (χ1n) is 9.63. The highest BCUT2D eigenvalue weighted by atomic mass is 35.5. The summed E-state index contributed by atoms with van der Waals surface area (Å²) in [5.41, 5.74) is 3.30. The number of phenols is 1. The van der Waals surface area contributed by atoms with E-state index in [9.17, 15) is 5.11 Å². The quantitative estimate of drug-likeness (QED) is 0.364. The van der Waals surface area contributed by atoms with Crippen molar-refractivity contribution in [3.05, 3.63) is 89.1 Å². The molecule has 0 atom stereocenters. The minimum Gasteiger partial charge on any atom is -0.507 e. The summed E-state index contributed by atoms with van der Waals surface area (Å²) in [5.74, 6) is 1.85. The highest BCUT2D eigenvalue weighted by molar-refractivity contribution is 6.30. The van der Waals surface area contributed by atoms with Crippen molar-refractivity contribution in [2.75, 3.05) is 0 Å². The van der Waals surface area contributed by atoms with Crippen LogP contribution in [0.25, 0.3) is 11.3 Å². The van der Waals surface area contributed by atoms with Crippen LogP contribution in [0.5, 0.6) is 23.0 Å². The average molecular weight is 421 g/mol. The molecular formula is C24H21ClN2O3. The smallest absolute Gasteiger partial charge is 0.173 e.